The van der Waals surface area contributed by atoms with E-state index in [0.29, 0.717) is 23.0 Å². The summed E-state index contributed by atoms with van der Waals surface area (Å²) in [5.74, 6) is -0.475. The number of piperidine rings is 1. The van der Waals surface area contributed by atoms with Crippen molar-refractivity contribution in [3.8, 4) is 21.8 Å². The van der Waals surface area contributed by atoms with Gasteiger partial charge in [0.05, 0.1) is 58.8 Å². The average Bonchev–Trinajstić information content (AvgIpc) is 3.62. The standard InChI is InChI=1S/C33H32ClN5O3S/c1-18-14-26-32(29(24(18)15-28(40)41)19-2-4-21(34)5-3-19)43-33(36-26)25-8-9-27-31(35-25)30(37-39(27)22-6-7-22)20-10-12-38(13-11-20)23-16-42-17-23/h2-5,8-9,14,20,22-23H,6-7,10-13,15-17H2,1H3,(H,40,41). The quantitative estimate of drug-likeness (QED) is 0.214. The molecule has 3 aliphatic rings. The van der Waals surface area contributed by atoms with E-state index in [4.69, 9.17) is 31.4 Å². The van der Waals surface area contributed by atoms with E-state index in [2.05, 4.69) is 21.7 Å². The number of carboxylic acid groups (broad SMARTS) is 1. The number of aliphatic carboxylic acids is 1. The number of fused-ring (bicyclic) bond motifs is 2. The number of carboxylic acids is 1. The maximum absolute atomic E-state index is 11.9. The Labute approximate surface area is 258 Å². The number of ether oxygens (including phenoxy) is 1. The number of benzene rings is 2. The van der Waals surface area contributed by atoms with Crippen molar-refractivity contribution in [2.45, 2.75) is 57.0 Å². The summed E-state index contributed by atoms with van der Waals surface area (Å²) < 4.78 is 8.61. The number of rotatable bonds is 7. The molecule has 3 fully saturated rings. The molecular formula is C33H32ClN5O3S. The van der Waals surface area contributed by atoms with Crippen LogP contribution in [0.1, 0.15) is 54.5 Å². The van der Waals surface area contributed by atoms with E-state index in [1.165, 1.54) is 12.8 Å². The Morgan fingerprint density at radius 3 is 2.49 bits per heavy atom. The van der Waals surface area contributed by atoms with Crippen molar-refractivity contribution in [1.29, 1.82) is 0 Å². The minimum atomic E-state index is -0.860. The van der Waals surface area contributed by atoms with E-state index in [1.54, 1.807) is 11.3 Å². The number of aryl methyl sites for hydroxylation is 1. The monoisotopic (exact) mass is 613 g/mol. The van der Waals surface area contributed by atoms with Crippen LogP contribution in [0.5, 0.6) is 0 Å². The van der Waals surface area contributed by atoms with Gasteiger partial charge in [-0.1, -0.05) is 23.7 Å². The van der Waals surface area contributed by atoms with Gasteiger partial charge in [-0.05, 0) is 92.7 Å². The lowest BCUT2D eigenvalue weighted by Gasteiger charge is -2.41. The number of likely N-dealkylation sites (tertiary alicyclic amines) is 1. The molecule has 1 aliphatic carbocycles. The van der Waals surface area contributed by atoms with E-state index >= 15 is 0 Å². The Morgan fingerprint density at radius 2 is 1.81 bits per heavy atom. The number of aromatic nitrogens is 4. The van der Waals surface area contributed by atoms with Crippen molar-refractivity contribution in [2.24, 2.45) is 0 Å². The van der Waals surface area contributed by atoms with Crippen LogP contribution in [0.3, 0.4) is 0 Å². The minimum absolute atomic E-state index is 0.0620. The summed E-state index contributed by atoms with van der Waals surface area (Å²) in [5.41, 5.74) is 8.45. The summed E-state index contributed by atoms with van der Waals surface area (Å²) in [4.78, 5) is 24.7. The lowest BCUT2D eigenvalue weighted by molar-refractivity contribution is -0.136. The first-order chi connectivity index (χ1) is 20.9. The molecule has 0 spiro atoms. The number of thiazole rings is 1. The maximum atomic E-state index is 11.9. The second-order valence-electron chi connectivity index (χ2n) is 12.1. The van der Waals surface area contributed by atoms with Gasteiger partial charge in [0.2, 0.25) is 0 Å². The van der Waals surface area contributed by atoms with Crippen LogP contribution in [-0.4, -0.2) is 68.1 Å². The predicted octanol–water partition coefficient (Wildman–Crippen LogP) is 6.88. The molecule has 0 radical (unpaired) electrons. The third kappa shape index (κ3) is 4.92. The molecule has 8 nitrogen and oxygen atoms in total. The number of hydrogen-bond acceptors (Lipinski definition) is 7. The first-order valence-corrected chi connectivity index (χ1v) is 16.2. The van der Waals surface area contributed by atoms with Gasteiger partial charge in [0.1, 0.15) is 10.5 Å². The highest BCUT2D eigenvalue weighted by atomic mass is 35.5. The summed E-state index contributed by atoms with van der Waals surface area (Å²) >= 11 is 7.77. The van der Waals surface area contributed by atoms with Gasteiger partial charge >= 0.3 is 5.97 Å². The molecule has 220 valence electrons. The van der Waals surface area contributed by atoms with E-state index in [1.807, 2.05) is 37.3 Å². The zero-order valence-corrected chi connectivity index (χ0v) is 25.5. The molecule has 0 atom stereocenters. The molecular weight excluding hydrogens is 582 g/mol. The first-order valence-electron chi connectivity index (χ1n) is 15.0. The van der Waals surface area contributed by atoms with Crippen LogP contribution in [0.25, 0.3) is 43.1 Å². The SMILES string of the molecule is Cc1cc2nc(-c3ccc4c(n3)c(C3CCN(C5COC5)CC3)nn4C3CC3)sc2c(-c2ccc(Cl)cc2)c1CC(=O)O. The van der Waals surface area contributed by atoms with Crippen molar-refractivity contribution in [3.05, 3.63) is 64.3 Å². The van der Waals surface area contributed by atoms with E-state index in [-0.39, 0.29) is 6.42 Å². The molecule has 0 unspecified atom stereocenters. The smallest absolute Gasteiger partial charge is 0.307 e. The van der Waals surface area contributed by atoms with Crippen LogP contribution >= 0.6 is 22.9 Å². The number of halogens is 1. The highest BCUT2D eigenvalue weighted by Gasteiger charge is 2.34. The molecule has 5 heterocycles. The third-order valence-electron chi connectivity index (χ3n) is 9.22. The molecule has 1 saturated carbocycles. The molecule has 3 aromatic heterocycles. The van der Waals surface area contributed by atoms with Crippen LogP contribution in [0.15, 0.2) is 42.5 Å². The average molecular weight is 614 g/mol. The highest BCUT2D eigenvalue weighted by molar-refractivity contribution is 7.22. The molecule has 8 rings (SSSR count). The molecule has 43 heavy (non-hydrogen) atoms. The molecule has 1 N–H and O–H groups in total. The summed E-state index contributed by atoms with van der Waals surface area (Å²) in [6.45, 7) is 5.81. The van der Waals surface area contributed by atoms with Gasteiger partial charge in [0, 0.05) is 16.5 Å². The third-order valence-corrected chi connectivity index (χ3v) is 10.6. The fourth-order valence-electron chi connectivity index (χ4n) is 6.65. The first kappa shape index (κ1) is 27.2. The summed E-state index contributed by atoms with van der Waals surface area (Å²) in [5, 5.41) is 16.4. The number of hydrogen-bond donors (Lipinski definition) is 1. The number of pyridine rings is 1. The Kier molecular flexibility index (Phi) is 6.74. The summed E-state index contributed by atoms with van der Waals surface area (Å²) in [6.07, 6.45) is 4.43. The van der Waals surface area contributed by atoms with Gasteiger partial charge in [-0.25, -0.2) is 9.97 Å². The van der Waals surface area contributed by atoms with Crippen LogP contribution in [0.2, 0.25) is 5.02 Å². The molecule has 5 aromatic rings. The normalized spacial score (nSPS) is 18.5. The van der Waals surface area contributed by atoms with E-state index in [0.717, 1.165) is 99.0 Å². The van der Waals surface area contributed by atoms with Crippen molar-refractivity contribution in [3.63, 3.8) is 0 Å². The van der Waals surface area contributed by atoms with Crippen LogP contribution < -0.4 is 0 Å². The lowest BCUT2D eigenvalue weighted by atomic mass is 9.92. The predicted molar refractivity (Wildman–Crippen MR) is 169 cm³/mol. The second-order valence-corrected chi connectivity index (χ2v) is 13.6. The Bertz CT molecular complexity index is 1870. The van der Waals surface area contributed by atoms with E-state index < -0.39 is 5.97 Å². The number of nitrogens with zero attached hydrogens (tertiary/aromatic N) is 5. The zero-order valence-electron chi connectivity index (χ0n) is 23.9. The summed E-state index contributed by atoms with van der Waals surface area (Å²) in [7, 11) is 0. The fourth-order valence-corrected chi connectivity index (χ4v) is 7.89. The Hall–Kier alpha value is -3.37. The van der Waals surface area contributed by atoms with Gasteiger partial charge < -0.3 is 9.84 Å². The van der Waals surface area contributed by atoms with Crippen molar-refractivity contribution >= 4 is 50.2 Å². The van der Waals surface area contributed by atoms with E-state index in [9.17, 15) is 9.90 Å². The van der Waals surface area contributed by atoms with Crippen LogP contribution in [0, 0.1) is 6.92 Å². The highest BCUT2D eigenvalue weighted by Crippen LogP contribution is 2.43. The maximum Gasteiger partial charge on any atom is 0.307 e. The molecule has 2 aliphatic heterocycles. The molecule has 0 bridgehead atoms. The minimum Gasteiger partial charge on any atom is -0.481 e. The Morgan fingerprint density at radius 1 is 1.05 bits per heavy atom. The topological polar surface area (TPSA) is 93.4 Å². The zero-order chi connectivity index (χ0) is 29.2. The molecule has 2 saturated heterocycles. The van der Waals surface area contributed by atoms with Gasteiger partial charge in [-0.15, -0.1) is 11.3 Å². The van der Waals surface area contributed by atoms with Gasteiger partial charge in [-0.3, -0.25) is 14.4 Å². The second kappa shape index (κ2) is 10.7. The fraction of sp³-hybridized carbons (Fsp3) is 0.394. The largest absolute Gasteiger partial charge is 0.481 e. The summed E-state index contributed by atoms with van der Waals surface area (Å²) in [6, 6.07) is 14.9. The van der Waals surface area contributed by atoms with Gasteiger partial charge in [0.25, 0.3) is 0 Å². The number of carbonyl (C=O) groups is 1. The van der Waals surface area contributed by atoms with Gasteiger partial charge in [0.15, 0.2) is 0 Å². The van der Waals surface area contributed by atoms with Crippen molar-refractivity contribution < 1.29 is 14.6 Å². The van der Waals surface area contributed by atoms with Crippen molar-refractivity contribution in [2.75, 3.05) is 26.3 Å². The van der Waals surface area contributed by atoms with Gasteiger partial charge in [-0.2, -0.15) is 5.10 Å². The van der Waals surface area contributed by atoms with Crippen LogP contribution in [-0.2, 0) is 16.0 Å². The Balaban J connectivity index is 1.22. The molecule has 2 aromatic carbocycles. The van der Waals surface area contributed by atoms with Crippen molar-refractivity contribution in [1.82, 2.24) is 24.6 Å². The molecule has 10 heteroatoms. The lowest BCUT2D eigenvalue weighted by Crippen LogP contribution is -2.51. The molecule has 0 amide bonds. The van der Waals surface area contributed by atoms with Crippen LogP contribution in [0.4, 0.5) is 0 Å².